The molecule has 194 valence electrons. The minimum absolute atomic E-state index is 0.00942. The second kappa shape index (κ2) is 11.2. The van der Waals surface area contributed by atoms with Gasteiger partial charge in [-0.2, -0.15) is 0 Å². The Hall–Kier alpha value is -3.19. The largest absolute Gasteiger partial charge is 0.507 e. The number of carbonyl (C=O) groups is 2. The quantitative estimate of drug-likeness (QED) is 0.290. The standard InChI is InChI=1S/C29H37FN2O4/c1-7-31(8-2)16-17-32-25(19-10-13-21(30)14-11-19)24(27(34)28(32)35)26(33)20-12-15-23(36-9-3)22(18-20)29(4,5)6/h10-15,18,25,33H,7-9,16-17H2,1-6H3/b26-24-. The molecule has 2 aromatic carbocycles. The van der Waals surface area contributed by atoms with E-state index in [4.69, 9.17) is 4.74 Å². The molecule has 7 heteroatoms. The lowest BCUT2D eigenvalue weighted by atomic mass is 9.84. The van der Waals surface area contributed by atoms with Gasteiger partial charge in [0.15, 0.2) is 0 Å². The molecule has 0 aromatic heterocycles. The predicted octanol–water partition coefficient (Wildman–Crippen LogP) is 5.29. The van der Waals surface area contributed by atoms with E-state index in [0.29, 0.717) is 36.6 Å². The van der Waals surface area contributed by atoms with Crippen molar-refractivity contribution in [1.29, 1.82) is 0 Å². The molecule has 6 nitrogen and oxygen atoms in total. The number of Topliss-reactive ketones (excluding diaryl/α,β-unsaturated/α-hetero) is 1. The first-order chi connectivity index (χ1) is 17.0. The van der Waals surface area contributed by atoms with Crippen LogP contribution in [0.25, 0.3) is 5.76 Å². The fraction of sp³-hybridized carbons (Fsp3) is 0.448. The predicted molar refractivity (Wildman–Crippen MR) is 140 cm³/mol. The lowest BCUT2D eigenvalue weighted by Crippen LogP contribution is -2.38. The van der Waals surface area contributed by atoms with Crippen molar-refractivity contribution in [2.75, 3.05) is 32.8 Å². The summed E-state index contributed by atoms with van der Waals surface area (Å²) in [6, 6.07) is 10.2. The molecule has 0 spiro atoms. The third kappa shape index (κ3) is 5.62. The molecule has 1 aliphatic rings. The van der Waals surface area contributed by atoms with Gasteiger partial charge in [0, 0.05) is 24.2 Å². The number of benzene rings is 2. The summed E-state index contributed by atoms with van der Waals surface area (Å²) in [6.07, 6.45) is 0. The van der Waals surface area contributed by atoms with E-state index in [1.165, 1.54) is 17.0 Å². The summed E-state index contributed by atoms with van der Waals surface area (Å²) in [6.45, 7) is 15.1. The average molecular weight is 497 g/mol. The summed E-state index contributed by atoms with van der Waals surface area (Å²) in [5.74, 6) is -1.37. The molecule has 3 rings (SSSR count). The lowest BCUT2D eigenvalue weighted by Gasteiger charge is -2.28. The molecule has 1 unspecified atom stereocenters. The van der Waals surface area contributed by atoms with E-state index in [-0.39, 0.29) is 16.7 Å². The van der Waals surface area contributed by atoms with Gasteiger partial charge < -0.3 is 19.6 Å². The highest BCUT2D eigenvalue weighted by Crippen LogP contribution is 2.41. The van der Waals surface area contributed by atoms with E-state index in [0.717, 1.165) is 18.7 Å². The molecular weight excluding hydrogens is 459 g/mol. The van der Waals surface area contributed by atoms with E-state index < -0.39 is 23.5 Å². The summed E-state index contributed by atoms with van der Waals surface area (Å²) in [7, 11) is 0. The first-order valence-corrected chi connectivity index (χ1v) is 12.6. The zero-order chi connectivity index (χ0) is 26.6. The second-order valence-corrected chi connectivity index (χ2v) is 9.96. The van der Waals surface area contributed by atoms with Crippen LogP contribution in [0.4, 0.5) is 4.39 Å². The number of nitrogens with zero attached hydrogens (tertiary/aromatic N) is 2. The molecule has 2 aromatic rings. The Morgan fingerprint density at radius 1 is 1.06 bits per heavy atom. The highest BCUT2D eigenvalue weighted by Gasteiger charge is 2.46. The van der Waals surface area contributed by atoms with Crippen molar-refractivity contribution in [1.82, 2.24) is 9.80 Å². The average Bonchev–Trinajstić information content (AvgIpc) is 3.09. The number of ketones is 1. The molecule has 1 N–H and O–H groups in total. The fourth-order valence-corrected chi connectivity index (χ4v) is 4.59. The fourth-order valence-electron chi connectivity index (χ4n) is 4.59. The van der Waals surface area contributed by atoms with Crippen LogP contribution in [0.5, 0.6) is 5.75 Å². The molecule has 0 radical (unpaired) electrons. The van der Waals surface area contributed by atoms with Crippen molar-refractivity contribution in [2.24, 2.45) is 0 Å². The maximum Gasteiger partial charge on any atom is 0.295 e. The van der Waals surface area contributed by atoms with Gasteiger partial charge in [-0.3, -0.25) is 9.59 Å². The Balaban J connectivity index is 2.16. The van der Waals surface area contributed by atoms with Crippen molar-refractivity contribution in [2.45, 2.75) is 53.0 Å². The zero-order valence-electron chi connectivity index (χ0n) is 22.1. The van der Waals surface area contributed by atoms with Crippen LogP contribution in [0.2, 0.25) is 0 Å². The van der Waals surface area contributed by atoms with Gasteiger partial charge in [0.1, 0.15) is 17.3 Å². The number of likely N-dealkylation sites (N-methyl/N-ethyl adjacent to an activating group) is 1. The van der Waals surface area contributed by atoms with Crippen LogP contribution in [-0.2, 0) is 15.0 Å². The number of rotatable bonds is 9. The highest BCUT2D eigenvalue weighted by atomic mass is 19.1. The number of ether oxygens (including phenoxy) is 1. The van der Waals surface area contributed by atoms with Gasteiger partial charge in [-0.15, -0.1) is 0 Å². The van der Waals surface area contributed by atoms with E-state index in [1.54, 1.807) is 24.3 Å². The van der Waals surface area contributed by atoms with Gasteiger partial charge >= 0.3 is 0 Å². The first kappa shape index (κ1) is 27.4. The van der Waals surface area contributed by atoms with E-state index in [2.05, 4.69) is 4.90 Å². The van der Waals surface area contributed by atoms with Crippen LogP contribution in [0.1, 0.15) is 64.3 Å². The number of halogens is 1. The van der Waals surface area contributed by atoms with Gasteiger partial charge in [-0.1, -0.05) is 46.8 Å². The molecule has 36 heavy (non-hydrogen) atoms. The van der Waals surface area contributed by atoms with Crippen molar-refractivity contribution in [3.63, 3.8) is 0 Å². The first-order valence-electron chi connectivity index (χ1n) is 12.6. The van der Waals surface area contributed by atoms with Crippen LogP contribution in [0, 0.1) is 5.82 Å². The number of hydrogen-bond donors (Lipinski definition) is 1. The van der Waals surface area contributed by atoms with Crippen molar-refractivity contribution >= 4 is 17.4 Å². The summed E-state index contributed by atoms with van der Waals surface area (Å²) in [5.41, 5.74) is 1.60. The molecule has 0 saturated carbocycles. The Labute approximate surface area is 213 Å². The zero-order valence-corrected chi connectivity index (χ0v) is 22.1. The molecule has 1 atom stereocenters. The lowest BCUT2D eigenvalue weighted by molar-refractivity contribution is -0.140. The Bertz CT molecular complexity index is 1130. The SMILES string of the molecule is CCOc1ccc(/C(O)=C2/C(=O)C(=O)N(CCN(CC)CC)C2c2ccc(F)cc2)cc1C(C)(C)C. The molecule has 1 saturated heterocycles. The molecule has 0 bridgehead atoms. The normalized spacial score (nSPS) is 17.8. The highest BCUT2D eigenvalue weighted by molar-refractivity contribution is 6.46. The summed E-state index contributed by atoms with van der Waals surface area (Å²) in [4.78, 5) is 30.1. The molecule has 1 fully saturated rings. The number of aliphatic hydroxyl groups is 1. The van der Waals surface area contributed by atoms with E-state index >= 15 is 0 Å². The Morgan fingerprint density at radius 3 is 2.25 bits per heavy atom. The third-order valence-electron chi connectivity index (χ3n) is 6.64. The number of carbonyl (C=O) groups excluding carboxylic acids is 2. The monoisotopic (exact) mass is 496 g/mol. The van der Waals surface area contributed by atoms with Gasteiger partial charge in [0.05, 0.1) is 18.2 Å². The summed E-state index contributed by atoms with van der Waals surface area (Å²) in [5, 5.41) is 11.4. The number of likely N-dealkylation sites (tertiary alicyclic amines) is 1. The van der Waals surface area contributed by atoms with Crippen molar-refractivity contribution < 1.29 is 23.8 Å². The number of amides is 1. The Morgan fingerprint density at radius 2 is 1.69 bits per heavy atom. The van der Waals surface area contributed by atoms with Gasteiger partial charge in [0.2, 0.25) is 0 Å². The van der Waals surface area contributed by atoms with Crippen LogP contribution < -0.4 is 4.74 Å². The van der Waals surface area contributed by atoms with Crippen LogP contribution >= 0.6 is 0 Å². The molecular formula is C29H37FN2O4. The second-order valence-electron chi connectivity index (χ2n) is 9.96. The van der Waals surface area contributed by atoms with Gasteiger partial charge in [0.25, 0.3) is 11.7 Å². The van der Waals surface area contributed by atoms with E-state index in [9.17, 15) is 19.1 Å². The summed E-state index contributed by atoms with van der Waals surface area (Å²) < 4.78 is 19.5. The maximum atomic E-state index is 13.7. The molecule has 1 amide bonds. The Kier molecular flexibility index (Phi) is 8.56. The topological polar surface area (TPSA) is 70.1 Å². The maximum absolute atomic E-state index is 13.7. The molecule has 1 heterocycles. The minimum atomic E-state index is -0.814. The van der Waals surface area contributed by atoms with E-state index in [1.807, 2.05) is 47.6 Å². The van der Waals surface area contributed by atoms with Gasteiger partial charge in [-0.25, -0.2) is 4.39 Å². The third-order valence-corrected chi connectivity index (χ3v) is 6.64. The smallest absolute Gasteiger partial charge is 0.295 e. The van der Waals surface area contributed by atoms with Crippen molar-refractivity contribution in [3.8, 4) is 5.75 Å². The summed E-state index contributed by atoms with van der Waals surface area (Å²) >= 11 is 0. The van der Waals surface area contributed by atoms with Crippen LogP contribution in [0.15, 0.2) is 48.0 Å². The molecule has 0 aliphatic carbocycles. The van der Waals surface area contributed by atoms with Gasteiger partial charge in [-0.05, 0) is 61.3 Å². The number of aliphatic hydroxyl groups excluding tert-OH is 1. The minimum Gasteiger partial charge on any atom is -0.507 e. The van der Waals surface area contributed by atoms with Crippen molar-refractivity contribution in [3.05, 3.63) is 70.5 Å². The number of hydrogen-bond acceptors (Lipinski definition) is 5. The van der Waals surface area contributed by atoms with Crippen LogP contribution in [-0.4, -0.2) is 59.4 Å². The molecule has 1 aliphatic heterocycles. The van der Waals surface area contributed by atoms with Crippen LogP contribution in [0.3, 0.4) is 0 Å².